The van der Waals surface area contributed by atoms with Gasteiger partial charge in [-0.1, -0.05) is 26.0 Å². The second kappa shape index (κ2) is 6.17. The molecule has 0 aromatic heterocycles. The lowest BCUT2D eigenvalue weighted by Gasteiger charge is -2.19. The van der Waals surface area contributed by atoms with Crippen LogP contribution in [-0.4, -0.2) is 13.6 Å². The Morgan fingerprint density at radius 3 is 2.38 bits per heavy atom. The van der Waals surface area contributed by atoms with E-state index in [2.05, 4.69) is 56.1 Å². The van der Waals surface area contributed by atoms with E-state index in [1.165, 1.54) is 11.3 Å². The zero-order valence-corrected chi connectivity index (χ0v) is 10.4. The largest absolute Gasteiger partial charge is 0.375 e. The van der Waals surface area contributed by atoms with Crippen LogP contribution in [0, 0.1) is 11.3 Å². The number of nitrogens with zero attached hydrogens (tertiary/aromatic N) is 2. The molecule has 1 aromatic carbocycles. The molecule has 0 bridgehead atoms. The van der Waals surface area contributed by atoms with Gasteiger partial charge in [0.05, 0.1) is 6.07 Å². The van der Waals surface area contributed by atoms with Crippen LogP contribution in [0.3, 0.4) is 0 Å². The molecule has 0 radical (unpaired) electrons. The number of anilines is 1. The van der Waals surface area contributed by atoms with E-state index in [0.717, 1.165) is 13.0 Å². The van der Waals surface area contributed by atoms with E-state index < -0.39 is 0 Å². The summed E-state index contributed by atoms with van der Waals surface area (Å²) in [6.45, 7) is 5.34. The van der Waals surface area contributed by atoms with E-state index in [-0.39, 0.29) is 0 Å². The molecule has 0 saturated carbocycles. The third-order valence-corrected chi connectivity index (χ3v) is 2.78. The van der Waals surface area contributed by atoms with Gasteiger partial charge in [-0.3, -0.25) is 0 Å². The van der Waals surface area contributed by atoms with Crippen LogP contribution in [0.4, 0.5) is 5.69 Å². The smallest absolute Gasteiger partial charge is 0.0622 e. The summed E-state index contributed by atoms with van der Waals surface area (Å²) in [6, 6.07) is 10.8. The third-order valence-electron chi connectivity index (χ3n) is 2.78. The van der Waals surface area contributed by atoms with Gasteiger partial charge in [-0.25, -0.2) is 0 Å². The topological polar surface area (TPSA) is 27.0 Å². The summed E-state index contributed by atoms with van der Waals surface area (Å²) in [4.78, 5) is 2.20. The van der Waals surface area contributed by atoms with E-state index in [4.69, 9.17) is 5.26 Å². The standard InChI is InChI=1S/C14H20N2/c1-12(2)13-6-8-14(9-7-13)16(3)11-5-4-10-15/h6-9,12H,4-5,11H2,1-3H3. The van der Waals surface area contributed by atoms with Gasteiger partial charge in [0.1, 0.15) is 0 Å². The molecule has 0 aliphatic heterocycles. The molecule has 1 rings (SSSR count). The zero-order chi connectivity index (χ0) is 12.0. The van der Waals surface area contributed by atoms with Crippen LogP contribution in [0.1, 0.15) is 38.2 Å². The highest BCUT2D eigenvalue weighted by Crippen LogP contribution is 2.19. The first-order chi connectivity index (χ1) is 7.65. The van der Waals surface area contributed by atoms with Crippen molar-refractivity contribution in [1.29, 1.82) is 5.26 Å². The van der Waals surface area contributed by atoms with Crippen LogP contribution in [0.15, 0.2) is 24.3 Å². The molecule has 0 spiro atoms. The summed E-state index contributed by atoms with van der Waals surface area (Å²) >= 11 is 0. The van der Waals surface area contributed by atoms with E-state index in [9.17, 15) is 0 Å². The molecule has 86 valence electrons. The molecule has 0 unspecified atom stereocenters. The van der Waals surface area contributed by atoms with Gasteiger partial charge < -0.3 is 4.90 Å². The fraction of sp³-hybridized carbons (Fsp3) is 0.500. The molecule has 0 fully saturated rings. The normalized spacial score (nSPS) is 10.2. The molecule has 0 N–H and O–H groups in total. The summed E-state index contributed by atoms with van der Waals surface area (Å²) in [6.07, 6.45) is 1.56. The molecule has 1 aromatic rings. The van der Waals surface area contributed by atoms with Gasteiger partial charge in [0.2, 0.25) is 0 Å². The Labute approximate surface area is 98.5 Å². The van der Waals surface area contributed by atoms with E-state index >= 15 is 0 Å². The Morgan fingerprint density at radius 1 is 1.25 bits per heavy atom. The van der Waals surface area contributed by atoms with Gasteiger partial charge in [-0.2, -0.15) is 5.26 Å². The molecular weight excluding hydrogens is 196 g/mol. The van der Waals surface area contributed by atoms with Crippen LogP contribution in [-0.2, 0) is 0 Å². The maximum absolute atomic E-state index is 8.48. The summed E-state index contributed by atoms with van der Waals surface area (Å²) in [5.74, 6) is 0.581. The SMILES string of the molecule is CC(C)c1ccc(N(C)CCCC#N)cc1. The first-order valence-corrected chi connectivity index (χ1v) is 5.83. The second-order valence-corrected chi connectivity index (χ2v) is 4.43. The van der Waals surface area contributed by atoms with Crippen molar-refractivity contribution in [2.24, 2.45) is 0 Å². The molecule has 16 heavy (non-hydrogen) atoms. The molecular formula is C14H20N2. The first-order valence-electron chi connectivity index (χ1n) is 5.83. The van der Waals surface area contributed by atoms with Crippen LogP contribution in [0.5, 0.6) is 0 Å². The van der Waals surface area contributed by atoms with Crippen LogP contribution < -0.4 is 4.90 Å². The monoisotopic (exact) mass is 216 g/mol. The lowest BCUT2D eigenvalue weighted by Crippen LogP contribution is -2.18. The average molecular weight is 216 g/mol. The van der Waals surface area contributed by atoms with Crippen molar-refractivity contribution in [3.8, 4) is 6.07 Å². The van der Waals surface area contributed by atoms with Crippen molar-refractivity contribution in [3.63, 3.8) is 0 Å². The van der Waals surface area contributed by atoms with Crippen molar-refractivity contribution in [2.75, 3.05) is 18.5 Å². The van der Waals surface area contributed by atoms with E-state index in [1.54, 1.807) is 0 Å². The quantitative estimate of drug-likeness (QED) is 0.704. The number of hydrogen-bond acceptors (Lipinski definition) is 2. The number of nitriles is 1. The Morgan fingerprint density at radius 2 is 1.88 bits per heavy atom. The highest BCUT2D eigenvalue weighted by atomic mass is 15.1. The Bertz CT molecular complexity index is 346. The predicted molar refractivity (Wildman–Crippen MR) is 68.6 cm³/mol. The van der Waals surface area contributed by atoms with Crippen molar-refractivity contribution in [1.82, 2.24) is 0 Å². The lowest BCUT2D eigenvalue weighted by molar-refractivity contribution is 0.805. The van der Waals surface area contributed by atoms with Gasteiger partial charge in [-0.15, -0.1) is 0 Å². The van der Waals surface area contributed by atoms with Crippen molar-refractivity contribution in [3.05, 3.63) is 29.8 Å². The van der Waals surface area contributed by atoms with Gasteiger partial charge >= 0.3 is 0 Å². The number of rotatable bonds is 5. The zero-order valence-electron chi connectivity index (χ0n) is 10.4. The van der Waals surface area contributed by atoms with Crippen molar-refractivity contribution < 1.29 is 0 Å². The average Bonchev–Trinajstić information content (AvgIpc) is 2.29. The molecule has 2 nitrogen and oxygen atoms in total. The predicted octanol–water partition coefficient (Wildman–Crippen LogP) is 3.55. The highest BCUT2D eigenvalue weighted by molar-refractivity contribution is 5.47. The van der Waals surface area contributed by atoms with Crippen LogP contribution in [0.25, 0.3) is 0 Å². The van der Waals surface area contributed by atoms with E-state index in [0.29, 0.717) is 12.3 Å². The van der Waals surface area contributed by atoms with Crippen molar-refractivity contribution >= 4 is 5.69 Å². The highest BCUT2D eigenvalue weighted by Gasteiger charge is 2.02. The summed E-state index contributed by atoms with van der Waals surface area (Å²) < 4.78 is 0. The lowest BCUT2D eigenvalue weighted by atomic mass is 10.0. The summed E-state index contributed by atoms with van der Waals surface area (Å²) in [5.41, 5.74) is 2.59. The van der Waals surface area contributed by atoms with Gasteiger partial charge in [0.15, 0.2) is 0 Å². The fourth-order valence-electron chi connectivity index (χ4n) is 1.64. The maximum Gasteiger partial charge on any atom is 0.0622 e. The third kappa shape index (κ3) is 3.58. The van der Waals surface area contributed by atoms with Gasteiger partial charge in [-0.05, 0) is 30.0 Å². The van der Waals surface area contributed by atoms with Gasteiger partial charge in [0, 0.05) is 25.7 Å². The number of benzene rings is 1. The summed E-state index contributed by atoms with van der Waals surface area (Å²) in [7, 11) is 2.07. The minimum absolute atomic E-state index is 0.581. The first kappa shape index (κ1) is 12.6. The minimum atomic E-state index is 0.581. The second-order valence-electron chi connectivity index (χ2n) is 4.43. The van der Waals surface area contributed by atoms with E-state index in [1.807, 2.05) is 0 Å². The molecule has 2 heteroatoms. The number of unbranched alkanes of at least 4 members (excludes halogenated alkanes) is 1. The molecule has 0 saturated heterocycles. The Kier molecular flexibility index (Phi) is 4.85. The van der Waals surface area contributed by atoms with Crippen molar-refractivity contribution in [2.45, 2.75) is 32.6 Å². The van der Waals surface area contributed by atoms with Crippen LogP contribution in [0.2, 0.25) is 0 Å². The minimum Gasteiger partial charge on any atom is -0.375 e. The molecule has 0 aliphatic carbocycles. The van der Waals surface area contributed by atoms with Crippen LogP contribution >= 0.6 is 0 Å². The number of hydrogen-bond donors (Lipinski definition) is 0. The molecule has 0 atom stereocenters. The maximum atomic E-state index is 8.48. The molecule has 0 heterocycles. The van der Waals surface area contributed by atoms with Gasteiger partial charge in [0.25, 0.3) is 0 Å². The molecule has 0 amide bonds. The Balaban J connectivity index is 2.56. The Hall–Kier alpha value is -1.49. The summed E-state index contributed by atoms with van der Waals surface area (Å²) in [5, 5.41) is 8.48. The fourth-order valence-corrected chi connectivity index (χ4v) is 1.64. The molecule has 0 aliphatic rings.